The van der Waals surface area contributed by atoms with Gasteiger partial charge in [-0.15, -0.1) is 0 Å². The number of nitrogens with one attached hydrogen (secondary N) is 1. The van der Waals surface area contributed by atoms with Crippen LogP contribution in [-0.4, -0.2) is 43.8 Å². The zero-order chi connectivity index (χ0) is 13.7. The van der Waals surface area contributed by atoms with Crippen molar-refractivity contribution in [1.29, 1.82) is 0 Å². The minimum atomic E-state index is 0.376. The highest BCUT2D eigenvalue weighted by Crippen LogP contribution is 2.20. The second-order valence-corrected chi connectivity index (χ2v) is 5.46. The molecule has 1 N–H and O–H groups in total. The van der Waals surface area contributed by atoms with E-state index in [1.54, 1.807) is 6.26 Å². The third-order valence-electron chi connectivity index (χ3n) is 3.74. The van der Waals surface area contributed by atoms with Gasteiger partial charge in [0.25, 0.3) is 0 Å². The number of aryl methyl sites for hydroxylation is 1. The summed E-state index contributed by atoms with van der Waals surface area (Å²) in [5.41, 5.74) is 1.27. The minimum Gasteiger partial charge on any atom is -0.469 e. The first-order chi connectivity index (χ1) is 9.19. The monoisotopic (exact) mass is 266 g/mol. The van der Waals surface area contributed by atoms with Gasteiger partial charge in [-0.3, -0.25) is 4.90 Å². The largest absolute Gasteiger partial charge is 0.469 e. The van der Waals surface area contributed by atoms with E-state index in [4.69, 9.17) is 9.15 Å². The second kappa shape index (κ2) is 7.08. The van der Waals surface area contributed by atoms with Crippen LogP contribution in [0, 0.1) is 6.92 Å². The Morgan fingerprint density at radius 1 is 1.37 bits per heavy atom. The molecule has 0 aromatic carbocycles. The molecule has 0 bridgehead atoms. The fourth-order valence-corrected chi connectivity index (χ4v) is 2.65. The van der Waals surface area contributed by atoms with E-state index < -0.39 is 0 Å². The summed E-state index contributed by atoms with van der Waals surface area (Å²) in [5, 5.41) is 3.36. The van der Waals surface area contributed by atoms with Crippen LogP contribution in [0.2, 0.25) is 0 Å². The molecule has 108 valence electrons. The third-order valence-corrected chi connectivity index (χ3v) is 3.74. The molecule has 4 nitrogen and oxygen atoms in total. The van der Waals surface area contributed by atoms with E-state index in [0.29, 0.717) is 12.2 Å². The lowest BCUT2D eigenvalue weighted by Crippen LogP contribution is -2.31. The second-order valence-electron chi connectivity index (χ2n) is 5.46. The molecule has 0 amide bonds. The SMILES string of the molecule is CCNCC1CCC(CN(C)Cc2ccoc2C)O1. The van der Waals surface area contributed by atoms with Crippen LogP contribution in [0.4, 0.5) is 0 Å². The Balaban J connectivity index is 1.71. The van der Waals surface area contributed by atoms with E-state index in [1.807, 2.05) is 6.92 Å². The van der Waals surface area contributed by atoms with E-state index in [-0.39, 0.29) is 0 Å². The predicted octanol–water partition coefficient (Wildman–Crippen LogP) is 2.18. The Morgan fingerprint density at radius 2 is 2.16 bits per heavy atom. The van der Waals surface area contributed by atoms with Crippen LogP contribution < -0.4 is 5.32 Å². The summed E-state index contributed by atoms with van der Waals surface area (Å²) < 4.78 is 11.4. The van der Waals surface area contributed by atoms with E-state index in [0.717, 1.165) is 31.9 Å². The standard InChI is InChI=1S/C15H26N2O2/c1-4-16-9-14-5-6-15(19-14)11-17(3)10-13-7-8-18-12(13)2/h7-8,14-16H,4-6,9-11H2,1-3H3. The summed E-state index contributed by atoms with van der Waals surface area (Å²) in [7, 11) is 2.15. The fourth-order valence-electron chi connectivity index (χ4n) is 2.65. The molecule has 2 heterocycles. The van der Waals surface area contributed by atoms with Gasteiger partial charge in [0.2, 0.25) is 0 Å². The summed E-state index contributed by atoms with van der Waals surface area (Å²) in [6.45, 7) is 8.07. The van der Waals surface area contributed by atoms with Crippen molar-refractivity contribution in [2.24, 2.45) is 0 Å². The van der Waals surface area contributed by atoms with Crippen LogP contribution in [0.5, 0.6) is 0 Å². The van der Waals surface area contributed by atoms with Crippen molar-refractivity contribution < 1.29 is 9.15 Å². The fraction of sp³-hybridized carbons (Fsp3) is 0.733. The summed E-state index contributed by atoms with van der Waals surface area (Å²) in [6, 6.07) is 2.05. The molecule has 1 aromatic rings. The Labute approximate surface area is 116 Å². The Kier molecular flexibility index (Phi) is 5.43. The summed E-state index contributed by atoms with van der Waals surface area (Å²) >= 11 is 0. The van der Waals surface area contributed by atoms with Crippen LogP contribution in [0.3, 0.4) is 0 Å². The van der Waals surface area contributed by atoms with Crippen LogP contribution >= 0.6 is 0 Å². The van der Waals surface area contributed by atoms with Crippen LogP contribution in [-0.2, 0) is 11.3 Å². The molecule has 0 aliphatic carbocycles. The van der Waals surface area contributed by atoms with Gasteiger partial charge in [-0.1, -0.05) is 6.92 Å². The Bertz CT molecular complexity index is 378. The zero-order valence-corrected chi connectivity index (χ0v) is 12.3. The third kappa shape index (κ3) is 4.34. The quantitative estimate of drug-likeness (QED) is 0.821. The highest BCUT2D eigenvalue weighted by molar-refractivity contribution is 5.14. The molecular formula is C15H26N2O2. The summed E-state index contributed by atoms with van der Waals surface area (Å²) in [6.07, 6.45) is 4.88. The zero-order valence-electron chi connectivity index (χ0n) is 12.3. The van der Waals surface area contributed by atoms with Gasteiger partial charge >= 0.3 is 0 Å². The van der Waals surface area contributed by atoms with Crippen molar-refractivity contribution in [3.63, 3.8) is 0 Å². The molecule has 2 unspecified atom stereocenters. The predicted molar refractivity (Wildman–Crippen MR) is 76.2 cm³/mol. The van der Waals surface area contributed by atoms with Gasteiger partial charge in [-0.25, -0.2) is 0 Å². The molecule has 19 heavy (non-hydrogen) atoms. The highest BCUT2D eigenvalue weighted by Gasteiger charge is 2.25. The van der Waals surface area contributed by atoms with Gasteiger partial charge in [-0.2, -0.15) is 0 Å². The van der Waals surface area contributed by atoms with Crippen LogP contribution in [0.25, 0.3) is 0 Å². The maximum absolute atomic E-state index is 6.06. The molecule has 1 aliphatic rings. The maximum atomic E-state index is 6.06. The lowest BCUT2D eigenvalue weighted by Gasteiger charge is -2.21. The highest BCUT2D eigenvalue weighted by atomic mass is 16.5. The van der Waals surface area contributed by atoms with Gasteiger partial charge in [0, 0.05) is 25.2 Å². The van der Waals surface area contributed by atoms with Crippen LogP contribution in [0.15, 0.2) is 16.7 Å². The van der Waals surface area contributed by atoms with Crippen molar-refractivity contribution in [2.45, 2.75) is 45.4 Å². The Hall–Kier alpha value is -0.840. The lowest BCUT2D eigenvalue weighted by molar-refractivity contribution is 0.0269. The topological polar surface area (TPSA) is 37.6 Å². The number of likely N-dealkylation sites (N-methyl/N-ethyl adjacent to an activating group) is 2. The van der Waals surface area contributed by atoms with Crippen molar-refractivity contribution in [3.8, 4) is 0 Å². The lowest BCUT2D eigenvalue weighted by atomic mass is 10.2. The minimum absolute atomic E-state index is 0.376. The van der Waals surface area contributed by atoms with Crippen molar-refractivity contribution in [2.75, 3.05) is 26.7 Å². The molecule has 2 atom stereocenters. The molecule has 1 fully saturated rings. The van der Waals surface area contributed by atoms with Crippen LogP contribution in [0.1, 0.15) is 31.1 Å². The molecule has 1 aliphatic heterocycles. The van der Waals surface area contributed by atoms with Gasteiger partial charge in [0.15, 0.2) is 0 Å². The molecule has 1 aromatic heterocycles. The number of furan rings is 1. The Morgan fingerprint density at radius 3 is 2.84 bits per heavy atom. The van der Waals surface area contributed by atoms with E-state index >= 15 is 0 Å². The molecule has 4 heteroatoms. The number of nitrogens with zero attached hydrogens (tertiary/aromatic N) is 1. The summed E-state index contributed by atoms with van der Waals surface area (Å²) in [4.78, 5) is 2.32. The molecule has 0 saturated carbocycles. The van der Waals surface area contributed by atoms with Gasteiger partial charge in [0.05, 0.1) is 18.5 Å². The van der Waals surface area contributed by atoms with Crippen molar-refractivity contribution in [3.05, 3.63) is 23.7 Å². The molecule has 1 saturated heterocycles. The smallest absolute Gasteiger partial charge is 0.105 e. The number of hydrogen-bond acceptors (Lipinski definition) is 4. The van der Waals surface area contributed by atoms with E-state index in [2.05, 4.69) is 30.3 Å². The average Bonchev–Trinajstić information content (AvgIpc) is 2.97. The summed E-state index contributed by atoms with van der Waals surface area (Å²) in [5.74, 6) is 1.02. The maximum Gasteiger partial charge on any atom is 0.105 e. The number of rotatable bonds is 7. The molecule has 0 radical (unpaired) electrons. The van der Waals surface area contributed by atoms with E-state index in [9.17, 15) is 0 Å². The first-order valence-corrected chi connectivity index (χ1v) is 7.26. The van der Waals surface area contributed by atoms with Crippen molar-refractivity contribution >= 4 is 0 Å². The van der Waals surface area contributed by atoms with Crippen molar-refractivity contribution in [1.82, 2.24) is 10.2 Å². The molecule has 2 rings (SSSR count). The van der Waals surface area contributed by atoms with Gasteiger partial charge < -0.3 is 14.5 Å². The first kappa shape index (κ1) is 14.6. The first-order valence-electron chi connectivity index (χ1n) is 7.26. The molecule has 0 spiro atoms. The number of ether oxygens (including phenoxy) is 1. The number of hydrogen-bond donors (Lipinski definition) is 1. The van der Waals surface area contributed by atoms with Gasteiger partial charge in [0.1, 0.15) is 5.76 Å². The molecular weight excluding hydrogens is 240 g/mol. The van der Waals surface area contributed by atoms with Gasteiger partial charge in [-0.05, 0) is 39.4 Å². The normalized spacial score (nSPS) is 23.4. The van der Waals surface area contributed by atoms with E-state index in [1.165, 1.54) is 18.4 Å². The average molecular weight is 266 g/mol.